The first-order valence-corrected chi connectivity index (χ1v) is 23.9. The van der Waals surface area contributed by atoms with Crippen molar-refractivity contribution in [1.82, 2.24) is 48.1 Å². The quantitative estimate of drug-likeness (QED) is 0.221. The van der Waals surface area contributed by atoms with Crippen LogP contribution in [0.5, 0.6) is 0 Å². The molecule has 292 valence electrons. The molecule has 3 saturated heterocycles. The standard InChI is InChI=1S/C32H73N13OP4/c1-36(2)30(37(3)4)21-24-47(42(13)14)27(30)33-50(46,45(19)20,34-28-31(38(5)6,39(7)8)22-25-48(28)43(15)16)35-29-32(40(9)10,41(11)12)23-26-49(29)44(17)18/h46H,21-26H2,1-20H3. The van der Waals surface area contributed by atoms with Crippen molar-refractivity contribution in [3.8, 4) is 0 Å². The molecule has 0 saturated carbocycles. The Morgan fingerprint density at radius 1 is 0.420 bits per heavy atom. The van der Waals surface area contributed by atoms with Gasteiger partial charge in [0.05, 0.1) is 0 Å². The Bertz CT molecular complexity index is 1130. The van der Waals surface area contributed by atoms with E-state index in [-0.39, 0.29) is 0 Å². The van der Waals surface area contributed by atoms with Crippen LogP contribution >= 0.6 is 31.7 Å². The van der Waals surface area contributed by atoms with Crippen molar-refractivity contribution in [2.24, 2.45) is 14.3 Å². The Labute approximate surface area is 310 Å². The Morgan fingerprint density at radius 2 is 0.620 bits per heavy atom. The van der Waals surface area contributed by atoms with Gasteiger partial charge in [-0.2, -0.15) is 0 Å². The van der Waals surface area contributed by atoms with Crippen LogP contribution in [0, 0.1) is 0 Å². The molecule has 3 unspecified atom stereocenters. The van der Waals surface area contributed by atoms with Gasteiger partial charge in [0.2, 0.25) is 0 Å². The second-order valence-electron chi connectivity index (χ2n) is 16.0. The van der Waals surface area contributed by atoms with Gasteiger partial charge in [-0.25, -0.2) is 0 Å². The van der Waals surface area contributed by atoms with Crippen LogP contribution in [0.15, 0.2) is 14.3 Å². The average molecular weight is 780 g/mol. The van der Waals surface area contributed by atoms with E-state index in [9.17, 15) is 4.89 Å². The van der Waals surface area contributed by atoms with Crippen LogP contribution in [0.3, 0.4) is 0 Å². The van der Waals surface area contributed by atoms with E-state index in [4.69, 9.17) is 14.3 Å². The predicted molar refractivity (Wildman–Crippen MR) is 226 cm³/mol. The molecule has 0 spiro atoms. The zero-order chi connectivity index (χ0) is 38.5. The summed E-state index contributed by atoms with van der Waals surface area (Å²) >= 11 is 0. The molecular weight excluding hydrogens is 706 g/mol. The minimum atomic E-state index is -5.01. The van der Waals surface area contributed by atoms with Crippen LogP contribution < -0.4 is 0 Å². The van der Waals surface area contributed by atoms with E-state index < -0.39 is 48.6 Å². The summed E-state index contributed by atoms with van der Waals surface area (Å²) in [5.74, 6) is 0. The summed E-state index contributed by atoms with van der Waals surface area (Å²) in [4.78, 5) is 28.2. The first-order valence-electron chi connectivity index (χ1n) is 17.5. The molecule has 3 aliphatic heterocycles. The zero-order valence-electron chi connectivity index (χ0n) is 35.3. The van der Waals surface area contributed by atoms with Crippen LogP contribution in [-0.4, -0.2) is 246 Å². The zero-order valence-corrected chi connectivity index (χ0v) is 38.9. The molecule has 0 aliphatic carbocycles. The van der Waals surface area contributed by atoms with Crippen LogP contribution in [0.25, 0.3) is 0 Å². The summed E-state index contributed by atoms with van der Waals surface area (Å²) in [6.45, 7) is 0. The summed E-state index contributed by atoms with van der Waals surface area (Å²) in [5.41, 5.74) is 1.41. The SMILES string of the molecule is CN(C)P1CCC(N(C)C)(N(C)C)C1=NP(O)(N=C1P(N(C)C)CCC1(N(C)C)N(C)C)(N=C1P(N(C)C)CCC1(N(C)C)N(C)C)N(C)C. The fourth-order valence-electron chi connectivity index (χ4n) is 8.21. The Kier molecular flexibility index (Phi) is 14.1. The molecule has 0 aromatic carbocycles. The summed E-state index contributed by atoms with van der Waals surface area (Å²) in [6, 6.07) is 0. The Balaban J connectivity index is 2.78. The van der Waals surface area contributed by atoms with Crippen LogP contribution in [-0.2, 0) is 0 Å². The van der Waals surface area contributed by atoms with Crippen molar-refractivity contribution in [3.63, 3.8) is 0 Å². The summed E-state index contributed by atoms with van der Waals surface area (Å²) in [5, 5.41) is 0. The summed E-state index contributed by atoms with van der Waals surface area (Å²) in [7, 11) is 34.9. The predicted octanol–water partition coefficient (Wildman–Crippen LogP) is 3.41. The molecule has 3 heterocycles. The van der Waals surface area contributed by atoms with Crippen LogP contribution in [0.1, 0.15) is 19.3 Å². The van der Waals surface area contributed by atoms with Gasteiger partial charge < -0.3 is 0 Å². The second-order valence-corrected chi connectivity index (χ2v) is 26.6. The van der Waals surface area contributed by atoms with Crippen molar-refractivity contribution in [2.45, 2.75) is 36.3 Å². The van der Waals surface area contributed by atoms with E-state index in [2.05, 4.69) is 170 Å². The van der Waals surface area contributed by atoms with Gasteiger partial charge in [0.1, 0.15) is 0 Å². The van der Waals surface area contributed by atoms with Crippen LogP contribution in [0.2, 0.25) is 0 Å². The Hall–Kier alpha value is 0.290. The second kappa shape index (κ2) is 15.8. The molecule has 0 bridgehead atoms. The first-order chi connectivity index (χ1) is 22.8. The number of rotatable bonds is 13. The van der Waals surface area contributed by atoms with Gasteiger partial charge in [-0.3, -0.25) is 0 Å². The van der Waals surface area contributed by atoms with Crippen molar-refractivity contribution in [2.75, 3.05) is 159 Å². The molecular formula is C32H73N13OP4. The molecule has 1 N–H and O–H groups in total. The van der Waals surface area contributed by atoms with Gasteiger partial charge >= 0.3 is 311 Å². The fraction of sp³-hybridized carbons (Fsp3) is 0.906. The van der Waals surface area contributed by atoms with E-state index >= 15 is 0 Å². The Morgan fingerprint density at radius 3 is 0.760 bits per heavy atom. The van der Waals surface area contributed by atoms with Gasteiger partial charge in [-0.05, 0) is 0 Å². The maximum atomic E-state index is 14.5. The average Bonchev–Trinajstić information content (AvgIpc) is 3.66. The molecule has 0 radical (unpaired) electrons. The van der Waals surface area contributed by atoms with Gasteiger partial charge in [0, 0.05) is 0 Å². The van der Waals surface area contributed by atoms with Crippen molar-refractivity contribution < 1.29 is 4.89 Å². The topological polar surface area (TPSA) is 89.7 Å². The maximum absolute atomic E-state index is 14.5. The third-order valence-electron chi connectivity index (χ3n) is 11.2. The molecule has 14 nitrogen and oxygen atoms in total. The molecule has 3 fully saturated rings. The molecule has 18 heteroatoms. The number of hydrogen-bond acceptors (Lipinski definition) is 14. The third-order valence-corrected chi connectivity index (χ3v) is 22.5. The normalized spacial score (nSPS) is 29.1. The van der Waals surface area contributed by atoms with Crippen molar-refractivity contribution >= 4 is 48.0 Å². The van der Waals surface area contributed by atoms with Gasteiger partial charge in [-0.1, -0.05) is 0 Å². The van der Waals surface area contributed by atoms with E-state index in [0.717, 1.165) is 54.1 Å². The van der Waals surface area contributed by atoms with E-state index in [0.29, 0.717) is 0 Å². The summed E-state index contributed by atoms with van der Waals surface area (Å²) < 4.78 is 26.5. The van der Waals surface area contributed by atoms with E-state index in [1.807, 2.05) is 18.8 Å². The number of hydrogen-bond donors (Lipinski definition) is 1. The number of nitrogens with zero attached hydrogens (tertiary/aromatic N) is 13. The van der Waals surface area contributed by atoms with Crippen LogP contribution in [0.4, 0.5) is 0 Å². The third kappa shape index (κ3) is 7.22. The molecule has 0 aromatic rings. The van der Waals surface area contributed by atoms with E-state index in [1.54, 1.807) is 0 Å². The molecule has 3 aliphatic rings. The molecule has 3 atom stereocenters. The molecule has 50 heavy (non-hydrogen) atoms. The molecule has 0 aromatic heterocycles. The van der Waals surface area contributed by atoms with Crippen molar-refractivity contribution in [3.05, 3.63) is 0 Å². The van der Waals surface area contributed by atoms with Gasteiger partial charge in [-0.15, -0.1) is 0 Å². The minimum absolute atomic E-state index is 0.511. The van der Waals surface area contributed by atoms with E-state index in [1.165, 1.54) is 0 Å². The van der Waals surface area contributed by atoms with Gasteiger partial charge in [0.25, 0.3) is 0 Å². The summed E-state index contributed by atoms with van der Waals surface area (Å²) in [6.07, 6.45) is 5.61. The molecule has 3 rings (SSSR count). The fourth-order valence-corrected chi connectivity index (χ4v) is 20.4. The van der Waals surface area contributed by atoms with Crippen molar-refractivity contribution in [1.29, 1.82) is 0 Å². The molecule has 0 amide bonds. The first kappa shape index (κ1) is 44.7. The monoisotopic (exact) mass is 780 g/mol. The van der Waals surface area contributed by atoms with Gasteiger partial charge in [0.15, 0.2) is 0 Å².